The fraction of sp³-hybridized carbons (Fsp3) is 0.190. The van der Waals surface area contributed by atoms with Crippen molar-refractivity contribution in [3.63, 3.8) is 0 Å². The van der Waals surface area contributed by atoms with Gasteiger partial charge in [0.1, 0.15) is 23.9 Å². The van der Waals surface area contributed by atoms with Crippen molar-refractivity contribution < 1.29 is 13.9 Å². The normalized spacial score (nSPS) is 11.8. The van der Waals surface area contributed by atoms with Gasteiger partial charge in [0.25, 0.3) is 0 Å². The summed E-state index contributed by atoms with van der Waals surface area (Å²) in [4.78, 5) is 22.4. The smallest absolute Gasteiger partial charge is 0.315 e. The molecule has 0 aliphatic heterocycles. The lowest BCUT2D eigenvalue weighted by Gasteiger charge is -2.20. The second-order valence-electron chi connectivity index (χ2n) is 6.55. The molecule has 1 atom stereocenters. The number of urea groups is 1. The minimum Gasteiger partial charge on any atom is -0.497 e. The maximum atomic E-state index is 12.6. The van der Waals surface area contributed by atoms with Crippen molar-refractivity contribution >= 4 is 17.4 Å². The Morgan fingerprint density at radius 3 is 2.97 bits per heavy atom. The highest BCUT2D eigenvalue weighted by Crippen LogP contribution is 2.25. The highest BCUT2D eigenvalue weighted by Gasteiger charge is 2.21. The summed E-state index contributed by atoms with van der Waals surface area (Å²) in [6.07, 6.45) is 5.08. The minimum atomic E-state index is -0.445. The van der Waals surface area contributed by atoms with Gasteiger partial charge in [-0.3, -0.25) is 0 Å². The van der Waals surface area contributed by atoms with E-state index in [0.717, 1.165) is 10.4 Å². The number of carbonyl (C=O) groups excluding carboxylic acids is 1. The van der Waals surface area contributed by atoms with Crippen LogP contribution in [0.3, 0.4) is 0 Å². The molecule has 0 aliphatic carbocycles. The van der Waals surface area contributed by atoms with E-state index >= 15 is 0 Å². The van der Waals surface area contributed by atoms with Crippen LogP contribution >= 0.6 is 11.3 Å². The molecule has 2 amide bonds. The first kappa shape index (κ1) is 19.7. The van der Waals surface area contributed by atoms with E-state index in [9.17, 15) is 4.79 Å². The number of nitrogens with zero attached hydrogens (tertiary/aromatic N) is 3. The summed E-state index contributed by atoms with van der Waals surface area (Å²) in [6, 6.07) is 10.6. The number of imidazole rings is 1. The van der Waals surface area contributed by atoms with Gasteiger partial charge in [-0.05, 0) is 29.1 Å². The van der Waals surface area contributed by atoms with Gasteiger partial charge >= 0.3 is 6.03 Å². The Hall–Kier alpha value is -3.59. The van der Waals surface area contributed by atoms with Crippen molar-refractivity contribution in [2.24, 2.45) is 7.05 Å². The first-order valence-corrected chi connectivity index (χ1v) is 10.2. The number of hydrogen-bond acceptors (Lipinski definition) is 6. The fourth-order valence-corrected chi connectivity index (χ4v) is 3.68. The van der Waals surface area contributed by atoms with Crippen LogP contribution in [-0.2, 0) is 13.6 Å². The number of amides is 2. The molecule has 4 aromatic rings. The minimum absolute atomic E-state index is 0.242. The molecule has 0 unspecified atom stereocenters. The van der Waals surface area contributed by atoms with E-state index in [1.165, 1.54) is 0 Å². The fourth-order valence-electron chi connectivity index (χ4n) is 3.03. The van der Waals surface area contributed by atoms with Crippen molar-refractivity contribution in [3.05, 3.63) is 77.5 Å². The zero-order valence-electron chi connectivity index (χ0n) is 16.5. The molecular formula is C21H21N5O3S. The molecule has 4 rings (SSSR count). The van der Waals surface area contributed by atoms with E-state index in [1.54, 1.807) is 30.9 Å². The number of ether oxygens (including phenoxy) is 1. The van der Waals surface area contributed by atoms with Gasteiger partial charge in [-0.25, -0.2) is 14.8 Å². The average molecular weight is 423 g/mol. The van der Waals surface area contributed by atoms with E-state index in [2.05, 4.69) is 20.6 Å². The molecule has 154 valence electrons. The SMILES string of the molecule is COc1cccc([C@H](NC(=O)NCc2coc(-c3cccs3)n2)c2nccn2C)c1. The van der Waals surface area contributed by atoms with Crippen LogP contribution in [0.4, 0.5) is 4.79 Å². The maximum absolute atomic E-state index is 12.6. The number of benzene rings is 1. The van der Waals surface area contributed by atoms with Gasteiger partial charge in [0.15, 0.2) is 0 Å². The van der Waals surface area contributed by atoms with Crippen molar-refractivity contribution in [1.29, 1.82) is 0 Å². The lowest BCUT2D eigenvalue weighted by atomic mass is 10.1. The van der Waals surface area contributed by atoms with Crippen LogP contribution in [0.5, 0.6) is 5.75 Å². The quantitative estimate of drug-likeness (QED) is 0.472. The molecule has 0 radical (unpaired) electrons. The molecule has 0 saturated heterocycles. The molecule has 3 heterocycles. The van der Waals surface area contributed by atoms with Gasteiger partial charge in [0.2, 0.25) is 5.89 Å². The van der Waals surface area contributed by atoms with Crippen LogP contribution in [0.25, 0.3) is 10.8 Å². The van der Waals surface area contributed by atoms with Gasteiger partial charge in [-0.2, -0.15) is 0 Å². The predicted octanol–water partition coefficient (Wildman–Crippen LogP) is 3.73. The summed E-state index contributed by atoms with van der Waals surface area (Å²) in [5, 5.41) is 7.78. The Morgan fingerprint density at radius 1 is 1.33 bits per heavy atom. The van der Waals surface area contributed by atoms with Gasteiger partial charge in [0, 0.05) is 19.4 Å². The van der Waals surface area contributed by atoms with Crippen LogP contribution in [0.1, 0.15) is 23.1 Å². The Bertz CT molecular complexity index is 1120. The van der Waals surface area contributed by atoms with Gasteiger partial charge in [-0.15, -0.1) is 11.3 Å². The van der Waals surface area contributed by atoms with Crippen LogP contribution in [0.2, 0.25) is 0 Å². The number of aryl methyl sites for hydroxylation is 1. The summed E-state index contributed by atoms with van der Waals surface area (Å²) in [6.45, 7) is 0.242. The van der Waals surface area contributed by atoms with E-state index in [-0.39, 0.29) is 12.6 Å². The Balaban J connectivity index is 1.46. The second-order valence-corrected chi connectivity index (χ2v) is 7.50. The van der Waals surface area contributed by atoms with E-state index in [0.29, 0.717) is 23.2 Å². The Kier molecular flexibility index (Phi) is 5.80. The third-order valence-electron chi connectivity index (χ3n) is 4.53. The topological polar surface area (TPSA) is 94.2 Å². The molecular weight excluding hydrogens is 402 g/mol. The summed E-state index contributed by atoms with van der Waals surface area (Å²) in [7, 11) is 3.49. The summed E-state index contributed by atoms with van der Waals surface area (Å²) in [5.41, 5.74) is 1.50. The first-order valence-electron chi connectivity index (χ1n) is 9.28. The number of hydrogen-bond donors (Lipinski definition) is 2. The Labute approximate surface area is 177 Å². The molecule has 1 aromatic carbocycles. The number of carbonyl (C=O) groups is 1. The van der Waals surface area contributed by atoms with Crippen molar-refractivity contribution in [2.75, 3.05) is 7.11 Å². The molecule has 0 aliphatic rings. The molecule has 9 heteroatoms. The largest absolute Gasteiger partial charge is 0.497 e. The van der Waals surface area contributed by atoms with Crippen molar-refractivity contribution in [1.82, 2.24) is 25.2 Å². The van der Waals surface area contributed by atoms with Gasteiger partial charge in [0.05, 0.1) is 24.2 Å². The standard InChI is InChI=1S/C21H21N5O3S/c1-26-9-8-22-19(26)18(14-5-3-6-16(11-14)28-2)25-21(27)23-12-15-13-29-20(24-15)17-7-4-10-30-17/h3-11,13,18H,12H2,1-2H3,(H2,23,25,27)/t18-/m0/s1. The van der Waals surface area contributed by atoms with Crippen molar-refractivity contribution in [3.8, 4) is 16.5 Å². The predicted molar refractivity (Wildman–Crippen MR) is 113 cm³/mol. The molecule has 3 aromatic heterocycles. The van der Waals surface area contributed by atoms with Gasteiger partial charge < -0.3 is 24.4 Å². The highest BCUT2D eigenvalue weighted by molar-refractivity contribution is 7.13. The molecule has 0 bridgehead atoms. The number of methoxy groups -OCH3 is 1. The second kappa shape index (κ2) is 8.83. The number of nitrogens with one attached hydrogen (secondary N) is 2. The lowest BCUT2D eigenvalue weighted by molar-refractivity contribution is 0.237. The van der Waals surface area contributed by atoms with Crippen molar-refractivity contribution in [2.45, 2.75) is 12.6 Å². The molecule has 0 spiro atoms. The molecule has 8 nitrogen and oxygen atoms in total. The molecule has 30 heavy (non-hydrogen) atoms. The van der Waals surface area contributed by atoms with Crippen LogP contribution in [0, 0.1) is 0 Å². The molecule has 0 fully saturated rings. The monoisotopic (exact) mass is 423 g/mol. The van der Waals surface area contributed by atoms with E-state index in [1.807, 2.05) is 59.6 Å². The summed E-state index contributed by atoms with van der Waals surface area (Å²) in [5.74, 6) is 1.96. The zero-order valence-corrected chi connectivity index (χ0v) is 17.3. The third kappa shape index (κ3) is 4.36. The number of aromatic nitrogens is 3. The van der Waals surface area contributed by atoms with E-state index < -0.39 is 6.04 Å². The van der Waals surface area contributed by atoms with Crippen LogP contribution < -0.4 is 15.4 Å². The maximum Gasteiger partial charge on any atom is 0.315 e. The van der Waals surface area contributed by atoms with E-state index in [4.69, 9.17) is 9.15 Å². The first-order chi connectivity index (χ1) is 14.6. The zero-order chi connectivity index (χ0) is 20.9. The van der Waals surface area contributed by atoms with Crippen LogP contribution in [-0.4, -0.2) is 27.7 Å². The third-order valence-corrected chi connectivity index (χ3v) is 5.39. The number of thiophene rings is 1. The van der Waals surface area contributed by atoms with Gasteiger partial charge in [-0.1, -0.05) is 18.2 Å². The van der Waals surface area contributed by atoms with Crippen LogP contribution in [0.15, 0.2) is 64.9 Å². The number of rotatable bonds is 7. The highest BCUT2D eigenvalue weighted by atomic mass is 32.1. The average Bonchev–Trinajstić information content (AvgIpc) is 3.52. The number of oxazole rings is 1. The summed E-state index contributed by atoms with van der Waals surface area (Å²) >= 11 is 1.55. The molecule has 2 N–H and O–H groups in total. The Morgan fingerprint density at radius 2 is 2.23 bits per heavy atom. The summed E-state index contributed by atoms with van der Waals surface area (Å²) < 4.78 is 12.7. The lowest BCUT2D eigenvalue weighted by Crippen LogP contribution is -2.39. The molecule has 0 saturated carbocycles.